The molecule has 4 rings (SSSR count). The summed E-state index contributed by atoms with van der Waals surface area (Å²) in [5.41, 5.74) is 12.0. The highest BCUT2D eigenvalue weighted by Gasteiger charge is 2.32. The summed E-state index contributed by atoms with van der Waals surface area (Å²) in [5.74, 6) is -0.429. The molecule has 30 heavy (non-hydrogen) atoms. The second-order valence-corrected chi connectivity index (χ2v) is 9.19. The van der Waals surface area contributed by atoms with Crippen LogP contribution in [0.5, 0.6) is 0 Å². The van der Waals surface area contributed by atoms with E-state index in [2.05, 4.69) is 30.8 Å². The molecule has 6 heteroatoms. The summed E-state index contributed by atoms with van der Waals surface area (Å²) in [4.78, 5) is 30.6. The Balaban J connectivity index is 1.86. The van der Waals surface area contributed by atoms with Crippen molar-refractivity contribution >= 4 is 29.0 Å². The lowest BCUT2D eigenvalue weighted by atomic mass is 9.84. The molecule has 0 amide bonds. The highest BCUT2D eigenvalue weighted by atomic mass is 32.2. The molecular formula is C24H19N3O2S. The van der Waals surface area contributed by atoms with Crippen molar-refractivity contribution in [3.8, 4) is 0 Å². The number of azide groups is 1. The Labute approximate surface area is 178 Å². The quantitative estimate of drug-likeness (QED) is 0.209. The van der Waals surface area contributed by atoms with Crippen molar-refractivity contribution in [3.63, 3.8) is 0 Å². The highest BCUT2D eigenvalue weighted by Crippen LogP contribution is 2.43. The molecule has 0 heterocycles. The molecule has 0 saturated carbocycles. The van der Waals surface area contributed by atoms with Gasteiger partial charge in [0.05, 0.1) is 5.69 Å². The zero-order chi connectivity index (χ0) is 21.5. The fourth-order valence-corrected chi connectivity index (χ4v) is 4.54. The Hall–Kier alpha value is -3.34. The van der Waals surface area contributed by atoms with Gasteiger partial charge in [0.2, 0.25) is 0 Å². The molecule has 3 aromatic rings. The van der Waals surface area contributed by atoms with E-state index in [0.717, 1.165) is 4.90 Å². The second-order valence-electron chi connectivity index (χ2n) is 8.11. The van der Waals surface area contributed by atoms with Gasteiger partial charge in [0.15, 0.2) is 11.6 Å². The molecule has 0 aliphatic heterocycles. The van der Waals surface area contributed by atoms with Crippen molar-refractivity contribution in [1.82, 2.24) is 0 Å². The molecule has 0 saturated heterocycles. The molecule has 148 valence electrons. The van der Waals surface area contributed by atoms with Crippen LogP contribution in [0.3, 0.4) is 0 Å². The minimum absolute atomic E-state index is 0.0253. The lowest BCUT2D eigenvalue weighted by Crippen LogP contribution is -2.21. The van der Waals surface area contributed by atoms with Gasteiger partial charge in [-0.1, -0.05) is 80.1 Å². The van der Waals surface area contributed by atoms with Gasteiger partial charge >= 0.3 is 0 Å². The van der Waals surface area contributed by atoms with Crippen molar-refractivity contribution in [2.45, 2.75) is 36.0 Å². The number of ketones is 2. The van der Waals surface area contributed by atoms with Crippen LogP contribution in [0, 0.1) is 0 Å². The summed E-state index contributed by atoms with van der Waals surface area (Å²) >= 11 is 1.33. The van der Waals surface area contributed by atoms with Crippen LogP contribution >= 0.6 is 11.8 Å². The van der Waals surface area contributed by atoms with E-state index >= 15 is 0 Å². The molecule has 0 unspecified atom stereocenters. The van der Waals surface area contributed by atoms with Gasteiger partial charge in [-0.15, -0.1) is 0 Å². The zero-order valence-corrected chi connectivity index (χ0v) is 17.7. The second kappa shape index (κ2) is 7.48. The fraction of sp³-hybridized carbons (Fsp3) is 0.167. The number of rotatable bonds is 3. The maximum Gasteiger partial charge on any atom is 0.195 e. The largest absolute Gasteiger partial charge is 0.289 e. The number of hydrogen-bond donors (Lipinski definition) is 0. The van der Waals surface area contributed by atoms with Crippen LogP contribution < -0.4 is 0 Å². The molecular weight excluding hydrogens is 394 g/mol. The molecule has 0 N–H and O–H groups in total. The van der Waals surface area contributed by atoms with E-state index in [9.17, 15) is 9.59 Å². The number of fused-ring (bicyclic) bond motifs is 2. The molecule has 0 fully saturated rings. The van der Waals surface area contributed by atoms with Gasteiger partial charge in [0.1, 0.15) is 0 Å². The predicted octanol–water partition coefficient (Wildman–Crippen LogP) is 6.85. The summed E-state index contributed by atoms with van der Waals surface area (Å²) in [7, 11) is 0. The van der Waals surface area contributed by atoms with Gasteiger partial charge in [0, 0.05) is 37.0 Å². The third-order valence-electron chi connectivity index (χ3n) is 5.12. The minimum Gasteiger partial charge on any atom is -0.289 e. The number of nitrogens with zero attached hydrogens (tertiary/aromatic N) is 3. The first-order valence-corrected chi connectivity index (χ1v) is 10.3. The molecule has 0 radical (unpaired) electrons. The summed E-state index contributed by atoms with van der Waals surface area (Å²) in [5, 5.41) is 3.78. The van der Waals surface area contributed by atoms with Crippen LogP contribution in [0.1, 0.15) is 58.2 Å². The van der Waals surface area contributed by atoms with Gasteiger partial charge in [-0.25, -0.2) is 0 Å². The molecule has 0 atom stereocenters. The maximum absolute atomic E-state index is 13.3. The molecule has 0 aromatic heterocycles. The first kappa shape index (κ1) is 20.0. The Morgan fingerprint density at radius 3 is 2.07 bits per heavy atom. The number of benzene rings is 3. The normalized spacial score (nSPS) is 12.8. The predicted molar refractivity (Wildman–Crippen MR) is 118 cm³/mol. The third-order valence-corrected chi connectivity index (χ3v) is 6.24. The lowest BCUT2D eigenvalue weighted by Gasteiger charge is -2.22. The molecule has 1 aliphatic carbocycles. The summed E-state index contributed by atoms with van der Waals surface area (Å²) in [6.45, 7) is 6.43. The number of carbonyl (C=O) groups is 2. The number of carbonyl (C=O) groups excluding carboxylic acids is 2. The average Bonchev–Trinajstić information content (AvgIpc) is 2.73. The smallest absolute Gasteiger partial charge is 0.195 e. The maximum atomic E-state index is 13.3. The van der Waals surface area contributed by atoms with Gasteiger partial charge < -0.3 is 0 Å². The van der Waals surface area contributed by atoms with E-state index in [0.29, 0.717) is 32.8 Å². The standard InChI is InChI=1S/C24H19N3O2S/c1-24(2,3)14-8-10-15(11-9-14)30-23-19(26-27-25)13-12-18-20(23)22(29)17-7-5-4-6-16(17)21(18)28/h4-13H,1-3H3. The summed E-state index contributed by atoms with van der Waals surface area (Å²) in [6.07, 6.45) is 0. The Kier molecular flexibility index (Phi) is 4.98. The Bertz CT molecular complexity index is 1230. The van der Waals surface area contributed by atoms with E-state index < -0.39 is 0 Å². The lowest BCUT2D eigenvalue weighted by molar-refractivity contribution is 0.0977. The van der Waals surface area contributed by atoms with Crippen LogP contribution in [-0.4, -0.2) is 11.6 Å². The van der Waals surface area contributed by atoms with Gasteiger partial charge in [-0.3, -0.25) is 9.59 Å². The van der Waals surface area contributed by atoms with E-state index in [4.69, 9.17) is 5.53 Å². The van der Waals surface area contributed by atoms with E-state index in [1.807, 2.05) is 24.3 Å². The van der Waals surface area contributed by atoms with Gasteiger partial charge in [-0.05, 0) is 34.7 Å². The van der Waals surface area contributed by atoms with Gasteiger partial charge in [-0.2, -0.15) is 0 Å². The topological polar surface area (TPSA) is 82.9 Å². The Morgan fingerprint density at radius 1 is 0.833 bits per heavy atom. The summed E-state index contributed by atoms with van der Waals surface area (Å²) in [6, 6.07) is 18.0. The minimum atomic E-state index is -0.232. The van der Waals surface area contributed by atoms with E-state index in [1.54, 1.807) is 36.4 Å². The van der Waals surface area contributed by atoms with E-state index in [-0.39, 0.29) is 17.0 Å². The molecule has 5 nitrogen and oxygen atoms in total. The van der Waals surface area contributed by atoms with Crippen LogP contribution in [0.4, 0.5) is 5.69 Å². The van der Waals surface area contributed by atoms with Crippen molar-refractivity contribution in [2.24, 2.45) is 5.11 Å². The summed E-state index contributed by atoms with van der Waals surface area (Å²) < 4.78 is 0. The van der Waals surface area contributed by atoms with Crippen molar-refractivity contribution < 1.29 is 9.59 Å². The fourth-order valence-electron chi connectivity index (χ4n) is 3.52. The van der Waals surface area contributed by atoms with Gasteiger partial charge in [0.25, 0.3) is 0 Å². The van der Waals surface area contributed by atoms with E-state index in [1.165, 1.54) is 17.3 Å². The molecule has 1 aliphatic rings. The van der Waals surface area contributed by atoms with Crippen LogP contribution in [0.15, 0.2) is 75.6 Å². The SMILES string of the molecule is CC(C)(C)c1ccc(Sc2c(N=[N+]=[N-])ccc3c2C(=O)c2ccccc2C3=O)cc1. The van der Waals surface area contributed by atoms with Crippen LogP contribution in [0.2, 0.25) is 0 Å². The van der Waals surface area contributed by atoms with Crippen molar-refractivity contribution in [2.75, 3.05) is 0 Å². The molecule has 0 spiro atoms. The van der Waals surface area contributed by atoms with Crippen molar-refractivity contribution in [1.29, 1.82) is 0 Å². The van der Waals surface area contributed by atoms with Crippen LogP contribution in [0.25, 0.3) is 10.4 Å². The average molecular weight is 414 g/mol. The number of hydrogen-bond acceptors (Lipinski definition) is 4. The van der Waals surface area contributed by atoms with Crippen molar-refractivity contribution in [3.05, 3.63) is 98.9 Å². The monoisotopic (exact) mass is 413 g/mol. The zero-order valence-electron chi connectivity index (χ0n) is 16.8. The van der Waals surface area contributed by atoms with Crippen LogP contribution in [-0.2, 0) is 5.41 Å². The first-order chi connectivity index (χ1) is 14.3. The molecule has 0 bridgehead atoms. The first-order valence-electron chi connectivity index (χ1n) is 9.50. The third kappa shape index (κ3) is 3.41. The highest BCUT2D eigenvalue weighted by molar-refractivity contribution is 7.99. The molecule has 3 aromatic carbocycles. The Morgan fingerprint density at radius 2 is 1.47 bits per heavy atom.